The van der Waals surface area contributed by atoms with Crippen LogP contribution in [0.5, 0.6) is 0 Å². The van der Waals surface area contributed by atoms with Crippen LogP contribution in [-0.2, 0) is 11.3 Å². The maximum Gasteiger partial charge on any atom is 0.335 e. The van der Waals surface area contributed by atoms with Crippen LogP contribution in [0.4, 0.5) is 0 Å². The number of carbonyl (C=O) groups excluding carboxylic acids is 1. The van der Waals surface area contributed by atoms with Crippen LogP contribution in [0.1, 0.15) is 22.3 Å². The minimum atomic E-state index is -0.948. The Balaban J connectivity index is 2.04. The highest BCUT2D eigenvalue weighted by molar-refractivity contribution is 5.87. The molecule has 1 aliphatic rings. The Morgan fingerprint density at radius 3 is 2.53 bits per heavy atom. The van der Waals surface area contributed by atoms with Gasteiger partial charge in [-0.2, -0.15) is 0 Å². The number of hydrogen-bond donors (Lipinski definition) is 2. The molecule has 1 atom stereocenters. The fourth-order valence-corrected chi connectivity index (χ4v) is 1.89. The number of aromatic carboxylic acids is 1. The zero-order chi connectivity index (χ0) is 12.4. The van der Waals surface area contributed by atoms with Crippen molar-refractivity contribution in [3.63, 3.8) is 0 Å². The number of rotatable bonds is 3. The number of nitrogens with zero attached hydrogens (tertiary/aromatic N) is 1. The smallest absolute Gasteiger partial charge is 0.335 e. The van der Waals surface area contributed by atoms with Crippen LogP contribution in [0, 0.1) is 0 Å². The molecule has 0 spiro atoms. The second kappa shape index (κ2) is 4.55. The average Bonchev–Trinajstić information content (AvgIpc) is 2.62. The van der Waals surface area contributed by atoms with E-state index in [1.165, 1.54) is 12.1 Å². The lowest BCUT2D eigenvalue weighted by atomic mass is 10.1. The van der Waals surface area contributed by atoms with E-state index in [0.717, 1.165) is 5.56 Å². The highest BCUT2D eigenvalue weighted by Crippen LogP contribution is 2.14. The number of hydrogen-bond acceptors (Lipinski definition) is 3. The predicted molar refractivity (Wildman–Crippen MR) is 61.4 cm³/mol. The number of carboxylic acids is 1. The number of carboxylic acid groups (broad SMARTS) is 1. The van der Waals surface area contributed by atoms with Gasteiger partial charge in [-0.3, -0.25) is 4.79 Å². The van der Waals surface area contributed by atoms with Crippen molar-refractivity contribution >= 4 is 11.9 Å². The largest absolute Gasteiger partial charge is 0.478 e. The first-order valence-electron chi connectivity index (χ1n) is 5.44. The van der Waals surface area contributed by atoms with E-state index in [2.05, 4.69) is 0 Å². The van der Waals surface area contributed by atoms with Crippen LogP contribution in [0.2, 0.25) is 0 Å². The fraction of sp³-hybridized carbons (Fsp3) is 0.333. The SMILES string of the molecule is N[C@@H]1CCN(Cc2ccc(C(=O)O)cc2)C1=O. The molecule has 1 fully saturated rings. The van der Waals surface area contributed by atoms with E-state index in [0.29, 0.717) is 19.5 Å². The molecule has 1 aliphatic heterocycles. The van der Waals surface area contributed by atoms with Gasteiger partial charge in [-0.15, -0.1) is 0 Å². The molecule has 17 heavy (non-hydrogen) atoms. The van der Waals surface area contributed by atoms with Gasteiger partial charge in [0, 0.05) is 13.1 Å². The van der Waals surface area contributed by atoms with E-state index in [1.54, 1.807) is 17.0 Å². The third kappa shape index (κ3) is 2.45. The number of likely N-dealkylation sites (tertiary alicyclic amines) is 1. The van der Waals surface area contributed by atoms with Crippen molar-refractivity contribution in [3.05, 3.63) is 35.4 Å². The topological polar surface area (TPSA) is 83.6 Å². The highest BCUT2D eigenvalue weighted by Gasteiger charge is 2.28. The van der Waals surface area contributed by atoms with Crippen LogP contribution >= 0.6 is 0 Å². The van der Waals surface area contributed by atoms with Crippen molar-refractivity contribution in [1.82, 2.24) is 4.90 Å². The molecule has 2 rings (SSSR count). The summed E-state index contributed by atoms with van der Waals surface area (Å²) in [6.45, 7) is 1.16. The van der Waals surface area contributed by atoms with Gasteiger partial charge in [-0.05, 0) is 24.1 Å². The van der Waals surface area contributed by atoms with Crippen molar-refractivity contribution in [2.75, 3.05) is 6.54 Å². The van der Waals surface area contributed by atoms with Gasteiger partial charge in [0.25, 0.3) is 0 Å². The van der Waals surface area contributed by atoms with Crippen LogP contribution in [0.25, 0.3) is 0 Å². The molecule has 1 heterocycles. The summed E-state index contributed by atoms with van der Waals surface area (Å²) in [5, 5.41) is 8.76. The van der Waals surface area contributed by atoms with E-state index in [4.69, 9.17) is 10.8 Å². The monoisotopic (exact) mass is 234 g/mol. The molecule has 5 heteroatoms. The van der Waals surface area contributed by atoms with Gasteiger partial charge in [0.15, 0.2) is 0 Å². The Bertz CT molecular complexity index is 442. The molecule has 3 N–H and O–H groups in total. The lowest BCUT2D eigenvalue weighted by Crippen LogP contribution is -2.33. The molecule has 0 aromatic heterocycles. The maximum atomic E-state index is 11.6. The van der Waals surface area contributed by atoms with Gasteiger partial charge in [0.2, 0.25) is 5.91 Å². The van der Waals surface area contributed by atoms with Crippen LogP contribution < -0.4 is 5.73 Å². The first-order valence-corrected chi connectivity index (χ1v) is 5.44. The Kier molecular flexibility index (Phi) is 3.10. The molecule has 90 valence electrons. The molecule has 5 nitrogen and oxygen atoms in total. The van der Waals surface area contributed by atoms with Crippen LogP contribution in [0.3, 0.4) is 0 Å². The zero-order valence-electron chi connectivity index (χ0n) is 9.30. The number of benzene rings is 1. The first kappa shape index (κ1) is 11.6. The van der Waals surface area contributed by atoms with E-state index in [9.17, 15) is 9.59 Å². The molecule has 1 aromatic rings. The lowest BCUT2D eigenvalue weighted by molar-refractivity contribution is -0.129. The van der Waals surface area contributed by atoms with Crippen molar-refractivity contribution in [1.29, 1.82) is 0 Å². The van der Waals surface area contributed by atoms with Gasteiger partial charge in [-0.25, -0.2) is 4.79 Å². The molecule has 1 amide bonds. The van der Waals surface area contributed by atoms with E-state index < -0.39 is 5.97 Å². The zero-order valence-corrected chi connectivity index (χ0v) is 9.30. The lowest BCUT2D eigenvalue weighted by Gasteiger charge is -2.15. The molecule has 0 bridgehead atoms. The second-order valence-electron chi connectivity index (χ2n) is 4.16. The third-order valence-electron chi connectivity index (χ3n) is 2.91. The summed E-state index contributed by atoms with van der Waals surface area (Å²) in [5.74, 6) is -0.983. The van der Waals surface area contributed by atoms with Crippen LogP contribution in [0.15, 0.2) is 24.3 Å². The van der Waals surface area contributed by atoms with E-state index in [-0.39, 0.29) is 17.5 Å². The van der Waals surface area contributed by atoms with E-state index >= 15 is 0 Å². The average molecular weight is 234 g/mol. The number of carbonyl (C=O) groups is 2. The molecule has 1 aromatic carbocycles. The second-order valence-corrected chi connectivity index (χ2v) is 4.16. The normalized spacial score (nSPS) is 19.7. The molecule has 0 unspecified atom stereocenters. The molecular weight excluding hydrogens is 220 g/mol. The summed E-state index contributed by atoms with van der Waals surface area (Å²) in [7, 11) is 0. The summed E-state index contributed by atoms with van der Waals surface area (Å²) >= 11 is 0. The molecule has 0 aliphatic carbocycles. The molecule has 1 saturated heterocycles. The summed E-state index contributed by atoms with van der Waals surface area (Å²) in [6, 6.07) is 6.14. The number of amides is 1. The Morgan fingerprint density at radius 1 is 1.41 bits per heavy atom. The standard InChI is InChI=1S/C12H14N2O3/c13-10-5-6-14(11(10)15)7-8-1-3-9(4-2-8)12(16)17/h1-4,10H,5-7,13H2,(H,16,17)/t10-/m1/s1. The third-order valence-corrected chi connectivity index (χ3v) is 2.91. The molecule has 0 saturated carbocycles. The maximum absolute atomic E-state index is 11.6. The quantitative estimate of drug-likeness (QED) is 0.795. The van der Waals surface area contributed by atoms with Crippen molar-refractivity contribution in [2.45, 2.75) is 19.0 Å². The van der Waals surface area contributed by atoms with Gasteiger partial charge >= 0.3 is 5.97 Å². The summed E-state index contributed by atoms with van der Waals surface area (Å²) in [6.07, 6.45) is 0.687. The Hall–Kier alpha value is -1.88. The first-order chi connectivity index (χ1) is 8.08. The highest BCUT2D eigenvalue weighted by atomic mass is 16.4. The minimum Gasteiger partial charge on any atom is -0.478 e. The van der Waals surface area contributed by atoms with Gasteiger partial charge in [0.05, 0.1) is 11.6 Å². The van der Waals surface area contributed by atoms with Gasteiger partial charge < -0.3 is 15.7 Å². The van der Waals surface area contributed by atoms with Gasteiger partial charge in [-0.1, -0.05) is 12.1 Å². The summed E-state index contributed by atoms with van der Waals surface area (Å²) in [4.78, 5) is 24.0. The Morgan fingerprint density at radius 2 is 2.06 bits per heavy atom. The van der Waals surface area contributed by atoms with Crippen molar-refractivity contribution in [2.24, 2.45) is 5.73 Å². The fourth-order valence-electron chi connectivity index (χ4n) is 1.89. The minimum absolute atomic E-state index is 0.0349. The summed E-state index contributed by atoms with van der Waals surface area (Å²) < 4.78 is 0. The number of nitrogens with two attached hydrogens (primary N) is 1. The summed E-state index contributed by atoms with van der Waals surface area (Å²) in [5.41, 5.74) is 6.78. The van der Waals surface area contributed by atoms with Crippen molar-refractivity contribution < 1.29 is 14.7 Å². The van der Waals surface area contributed by atoms with E-state index in [1.807, 2.05) is 0 Å². The Labute approximate surface area is 98.8 Å². The van der Waals surface area contributed by atoms with Crippen molar-refractivity contribution in [3.8, 4) is 0 Å². The molecular formula is C12H14N2O3. The predicted octanol–water partition coefficient (Wildman–Crippen LogP) is 0.444. The molecule has 0 radical (unpaired) electrons. The van der Waals surface area contributed by atoms with Crippen LogP contribution in [-0.4, -0.2) is 34.5 Å². The van der Waals surface area contributed by atoms with Gasteiger partial charge in [0.1, 0.15) is 0 Å².